The quantitative estimate of drug-likeness (QED) is 0.606. The zero-order chi connectivity index (χ0) is 13.7. The monoisotopic (exact) mass is 363 g/mol. The lowest BCUT2D eigenvalue weighted by Crippen LogP contribution is -2.01. The molecule has 0 radical (unpaired) electrons. The highest BCUT2D eigenvalue weighted by atomic mass is 35.5. The van der Waals surface area contributed by atoms with Crippen LogP contribution in [0.25, 0.3) is 0 Å². The zero-order valence-corrected chi connectivity index (χ0v) is 12.6. The summed E-state index contributed by atoms with van der Waals surface area (Å²) in [7, 11) is 0. The Hall–Kier alpha value is -1.30. The molecule has 10 nitrogen and oxygen atoms in total. The van der Waals surface area contributed by atoms with Crippen LogP contribution in [0.4, 0.5) is 11.9 Å². The molecule has 112 valence electrons. The fraction of sp³-hybridized carbons (Fsp3) is 0. The summed E-state index contributed by atoms with van der Waals surface area (Å²) in [5.41, 5.74) is 10.3. The molecule has 0 saturated carbocycles. The normalized spacial score (nSPS) is 8.60. The molecule has 0 amide bonds. The first-order valence-electron chi connectivity index (χ1n) is 4.02. The molecule has 14 heteroatoms. The van der Waals surface area contributed by atoms with Gasteiger partial charge in [-0.2, -0.15) is 29.9 Å². The first-order valence-corrected chi connectivity index (χ1v) is 5.53. The third kappa shape index (κ3) is 7.99. The second-order valence-corrected chi connectivity index (χ2v) is 3.82. The minimum Gasteiger partial charge on any atom is -0.412 e. The molecule has 2 aromatic rings. The van der Waals surface area contributed by atoms with Crippen molar-refractivity contribution in [1.82, 2.24) is 36.1 Å². The molecule has 9 N–H and O–H groups in total. The largest absolute Gasteiger partial charge is 0.412 e. The maximum atomic E-state index is 5.33. The van der Waals surface area contributed by atoms with Gasteiger partial charge in [0.15, 0.2) is 0 Å². The number of nitrogens with zero attached hydrogens (tertiary/aromatic N) is 6. The predicted molar refractivity (Wildman–Crippen MR) is 77.2 cm³/mol. The molecule has 0 bridgehead atoms. The Labute approximate surface area is 132 Å². The lowest BCUT2D eigenvalue weighted by Gasteiger charge is -1.92. The molecule has 0 fully saturated rings. The van der Waals surface area contributed by atoms with E-state index >= 15 is 0 Å². The molecule has 2 aromatic heterocycles. The van der Waals surface area contributed by atoms with Crippen molar-refractivity contribution in [2.75, 3.05) is 11.5 Å². The van der Waals surface area contributed by atoms with Crippen LogP contribution in [-0.2, 0) is 0 Å². The van der Waals surface area contributed by atoms with Gasteiger partial charge in [-0.3, -0.25) is 0 Å². The number of halogens is 4. The van der Waals surface area contributed by atoms with Crippen molar-refractivity contribution in [3.63, 3.8) is 0 Å². The Morgan fingerprint density at radius 3 is 1.05 bits per heavy atom. The van der Waals surface area contributed by atoms with E-state index in [0.29, 0.717) is 0 Å². The van der Waals surface area contributed by atoms with E-state index in [4.69, 9.17) is 57.9 Å². The minimum absolute atomic E-state index is 0. The highest BCUT2D eigenvalue weighted by Crippen LogP contribution is 2.08. The van der Waals surface area contributed by atoms with Gasteiger partial charge in [-0.15, -0.1) is 0 Å². The third-order valence-electron chi connectivity index (χ3n) is 1.20. The van der Waals surface area contributed by atoms with Crippen LogP contribution in [0.5, 0.6) is 0 Å². The second kappa shape index (κ2) is 9.58. The van der Waals surface area contributed by atoms with Gasteiger partial charge in [0.25, 0.3) is 0 Å². The van der Waals surface area contributed by atoms with Gasteiger partial charge in [0.1, 0.15) is 0 Å². The van der Waals surface area contributed by atoms with Crippen LogP contribution in [0.3, 0.4) is 0 Å². The summed E-state index contributed by atoms with van der Waals surface area (Å²) in [4.78, 5) is 20.8. The molecule has 0 aromatic carbocycles. The van der Waals surface area contributed by atoms with Gasteiger partial charge in [0.05, 0.1) is 0 Å². The average Bonchev–Trinajstić information content (AvgIpc) is 2.12. The van der Waals surface area contributed by atoms with E-state index < -0.39 is 0 Å². The number of nitrogens with two attached hydrogens (primary N) is 2. The van der Waals surface area contributed by atoms with E-state index in [1.165, 1.54) is 0 Å². The molecule has 0 aliphatic heterocycles. The van der Waals surface area contributed by atoms with Crippen molar-refractivity contribution in [2.45, 2.75) is 0 Å². The molecule has 2 rings (SSSR count). The van der Waals surface area contributed by atoms with Gasteiger partial charge in [-0.25, -0.2) is 0 Å². The topological polar surface area (TPSA) is 196 Å². The Kier molecular flexibility index (Phi) is 10.1. The Balaban J connectivity index is 0. The van der Waals surface area contributed by atoms with Crippen molar-refractivity contribution in [1.29, 1.82) is 0 Å². The van der Waals surface area contributed by atoms with E-state index in [0.717, 1.165) is 0 Å². The van der Waals surface area contributed by atoms with Crippen molar-refractivity contribution >= 4 is 58.3 Å². The standard InChI is InChI=1S/C3Cl3N3.C3H4ClN5.H3N.H2O/c2*4-1-7-2(5)9-3(6)8-1;;/h;(H4,5,6,7,8,9);1H3;1H2. The van der Waals surface area contributed by atoms with E-state index in [2.05, 4.69) is 29.9 Å². The van der Waals surface area contributed by atoms with Gasteiger partial charge in [0, 0.05) is 0 Å². The van der Waals surface area contributed by atoms with Gasteiger partial charge < -0.3 is 23.1 Å². The maximum Gasteiger partial charge on any atom is 0.228 e. The number of hydrogen-bond acceptors (Lipinski definition) is 9. The van der Waals surface area contributed by atoms with Gasteiger partial charge in [-0.05, 0) is 46.4 Å². The van der Waals surface area contributed by atoms with Gasteiger partial charge >= 0.3 is 0 Å². The number of nitrogen functional groups attached to an aromatic ring is 2. The van der Waals surface area contributed by atoms with Crippen LogP contribution in [-0.4, -0.2) is 35.4 Å². The number of aromatic nitrogens is 6. The summed E-state index contributed by atoms with van der Waals surface area (Å²) in [6, 6.07) is 0. The molecular weight excluding hydrogens is 356 g/mol. The van der Waals surface area contributed by atoms with E-state index in [1.54, 1.807) is 0 Å². The number of anilines is 2. The van der Waals surface area contributed by atoms with Gasteiger partial charge in [-0.1, -0.05) is 0 Å². The SMILES string of the molecule is Clc1nc(Cl)nc(Cl)n1.N.Nc1nc(N)nc(Cl)n1.O. The first kappa shape index (κ1) is 21.0. The lowest BCUT2D eigenvalue weighted by molar-refractivity contribution is 0.824. The van der Waals surface area contributed by atoms with Crippen molar-refractivity contribution in [3.8, 4) is 0 Å². The first-order chi connectivity index (χ1) is 8.36. The smallest absolute Gasteiger partial charge is 0.228 e. The molecule has 0 spiro atoms. The zero-order valence-electron chi connectivity index (χ0n) is 9.56. The molecule has 0 saturated heterocycles. The molecule has 0 aliphatic carbocycles. The van der Waals surface area contributed by atoms with Crippen molar-refractivity contribution in [3.05, 3.63) is 21.1 Å². The molecule has 2 heterocycles. The highest BCUT2D eigenvalue weighted by molar-refractivity contribution is 6.33. The summed E-state index contributed by atoms with van der Waals surface area (Å²) in [5, 5.41) is 0.0139. The van der Waals surface area contributed by atoms with Crippen LogP contribution in [0, 0.1) is 0 Å². The molecular formula is C6H9Cl4N9O. The molecule has 20 heavy (non-hydrogen) atoms. The van der Waals surface area contributed by atoms with Gasteiger partial charge in [0.2, 0.25) is 33.0 Å². The Morgan fingerprint density at radius 1 is 0.550 bits per heavy atom. The third-order valence-corrected chi connectivity index (χ3v) is 1.87. The maximum absolute atomic E-state index is 5.33. The van der Waals surface area contributed by atoms with Crippen LogP contribution >= 0.6 is 46.4 Å². The van der Waals surface area contributed by atoms with E-state index in [-0.39, 0.29) is 44.7 Å². The minimum atomic E-state index is 0. The summed E-state index contributed by atoms with van der Waals surface area (Å²) in [6.07, 6.45) is 0. The summed E-state index contributed by atoms with van der Waals surface area (Å²) < 4.78 is 0. The Bertz CT molecular complexity index is 406. The van der Waals surface area contributed by atoms with Crippen molar-refractivity contribution in [2.24, 2.45) is 0 Å². The summed E-state index contributed by atoms with van der Waals surface area (Å²) >= 11 is 21.3. The second-order valence-electron chi connectivity index (χ2n) is 2.46. The summed E-state index contributed by atoms with van der Waals surface area (Å²) in [5.74, 6) is 0.0694. The number of hydrogen-bond donors (Lipinski definition) is 3. The Morgan fingerprint density at radius 2 is 0.800 bits per heavy atom. The molecule has 0 aliphatic rings. The van der Waals surface area contributed by atoms with Crippen LogP contribution in [0.1, 0.15) is 0 Å². The molecule has 0 atom stereocenters. The highest BCUT2D eigenvalue weighted by Gasteiger charge is 1.97. The number of rotatable bonds is 0. The molecule has 0 unspecified atom stereocenters. The fourth-order valence-corrected chi connectivity index (χ4v) is 1.47. The van der Waals surface area contributed by atoms with E-state index in [1.807, 2.05) is 0 Å². The van der Waals surface area contributed by atoms with Crippen LogP contribution in [0.15, 0.2) is 0 Å². The van der Waals surface area contributed by atoms with Crippen LogP contribution in [0.2, 0.25) is 21.1 Å². The van der Waals surface area contributed by atoms with E-state index in [9.17, 15) is 0 Å². The van der Waals surface area contributed by atoms with Crippen molar-refractivity contribution < 1.29 is 5.48 Å². The average molecular weight is 365 g/mol. The summed E-state index contributed by atoms with van der Waals surface area (Å²) in [6.45, 7) is 0. The van der Waals surface area contributed by atoms with Crippen LogP contribution < -0.4 is 17.6 Å². The lowest BCUT2D eigenvalue weighted by atomic mass is 10.9. The fourth-order valence-electron chi connectivity index (χ4n) is 0.685. The predicted octanol–water partition coefficient (Wildman–Crippen LogP) is 0.859.